The maximum atomic E-state index is 13.4. The summed E-state index contributed by atoms with van der Waals surface area (Å²) in [6.45, 7) is 2.74. The summed E-state index contributed by atoms with van der Waals surface area (Å²) in [6.07, 6.45) is 0. The Morgan fingerprint density at radius 2 is 1.93 bits per heavy atom. The second-order valence-corrected chi connectivity index (χ2v) is 3.71. The Kier molecular flexibility index (Phi) is 3.83. The van der Waals surface area contributed by atoms with Gasteiger partial charge in [-0.1, -0.05) is 11.6 Å². The lowest BCUT2D eigenvalue weighted by atomic mass is 10.1. The fraction of sp³-hybridized carbons (Fsp3) is 0.273. The lowest BCUT2D eigenvalue weighted by Crippen LogP contribution is -1.95. The topological polar surface area (TPSA) is 20.2 Å². The molecule has 4 heteroatoms. The van der Waals surface area contributed by atoms with Crippen LogP contribution in [0.3, 0.4) is 0 Å². The minimum absolute atomic E-state index is 0.0219. The number of aryl methyl sites for hydroxylation is 1. The van der Waals surface area contributed by atoms with E-state index in [1.807, 2.05) is 0 Å². The number of aliphatic hydroxyl groups excluding tert-OH is 1. The molecule has 0 spiro atoms. The summed E-state index contributed by atoms with van der Waals surface area (Å²) in [5, 5.41) is 8.87. The van der Waals surface area contributed by atoms with E-state index in [0.717, 1.165) is 12.1 Å². The van der Waals surface area contributed by atoms with Crippen LogP contribution in [-0.4, -0.2) is 11.7 Å². The molecule has 0 aliphatic rings. The average Bonchev–Trinajstić information content (AvgIpc) is 2.21. The van der Waals surface area contributed by atoms with E-state index in [0.29, 0.717) is 5.57 Å². The fourth-order valence-electron chi connectivity index (χ4n) is 1.11. The molecule has 1 nitrogen and oxygen atoms in total. The molecular formula is C11H11ClF2O. The largest absolute Gasteiger partial charge is 0.392 e. The summed E-state index contributed by atoms with van der Waals surface area (Å²) in [6, 6.07) is 2.11. The molecule has 15 heavy (non-hydrogen) atoms. The van der Waals surface area contributed by atoms with Crippen molar-refractivity contribution < 1.29 is 13.9 Å². The van der Waals surface area contributed by atoms with Crippen molar-refractivity contribution in [1.29, 1.82) is 0 Å². The van der Waals surface area contributed by atoms with Crippen molar-refractivity contribution in [2.24, 2.45) is 0 Å². The molecule has 0 bridgehead atoms. The first-order valence-corrected chi connectivity index (χ1v) is 4.77. The monoisotopic (exact) mass is 232 g/mol. The summed E-state index contributed by atoms with van der Waals surface area (Å²) in [4.78, 5) is 0. The maximum Gasteiger partial charge on any atom is 0.132 e. The molecule has 82 valence electrons. The third-order valence-electron chi connectivity index (χ3n) is 2.10. The normalized spacial score (nSPS) is 12.7. The van der Waals surface area contributed by atoms with Crippen LogP contribution in [0.15, 0.2) is 17.7 Å². The van der Waals surface area contributed by atoms with Gasteiger partial charge in [0.25, 0.3) is 0 Å². The van der Waals surface area contributed by atoms with Crippen molar-refractivity contribution in [3.8, 4) is 0 Å². The zero-order valence-corrected chi connectivity index (χ0v) is 9.20. The number of aliphatic hydroxyl groups is 1. The molecule has 0 saturated heterocycles. The van der Waals surface area contributed by atoms with Crippen LogP contribution in [0.4, 0.5) is 8.78 Å². The van der Waals surface area contributed by atoms with Crippen LogP contribution in [0, 0.1) is 18.6 Å². The smallest absolute Gasteiger partial charge is 0.132 e. The van der Waals surface area contributed by atoms with E-state index in [1.54, 1.807) is 6.92 Å². The Labute approximate surface area is 92.0 Å². The lowest BCUT2D eigenvalue weighted by Gasteiger charge is -2.06. The number of hydrogen-bond acceptors (Lipinski definition) is 1. The highest BCUT2D eigenvalue weighted by Crippen LogP contribution is 2.27. The highest BCUT2D eigenvalue weighted by Gasteiger charge is 2.11. The van der Waals surface area contributed by atoms with Gasteiger partial charge in [0.1, 0.15) is 11.6 Å². The van der Waals surface area contributed by atoms with E-state index in [-0.39, 0.29) is 22.8 Å². The summed E-state index contributed by atoms with van der Waals surface area (Å²) in [7, 11) is 0. The zero-order valence-electron chi connectivity index (χ0n) is 8.44. The Hall–Kier alpha value is -0.930. The van der Waals surface area contributed by atoms with Gasteiger partial charge in [-0.2, -0.15) is 0 Å². The van der Waals surface area contributed by atoms with Gasteiger partial charge in [-0.15, -0.1) is 0 Å². The second-order valence-electron chi connectivity index (χ2n) is 3.33. The van der Waals surface area contributed by atoms with Crippen LogP contribution in [0.5, 0.6) is 0 Å². The van der Waals surface area contributed by atoms with Crippen molar-refractivity contribution in [2.75, 3.05) is 6.61 Å². The van der Waals surface area contributed by atoms with Crippen molar-refractivity contribution in [2.45, 2.75) is 13.8 Å². The van der Waals surface area contributed by atoms with E-state index < -0.39 is 11.6 Å². The molecule has 0 radical (unpaired) electrons. The van der Waals surface area contributed by atoms with Crippen molar-refractivity contribution >= 4 is 16.6 Å². The van der Waals surface area contributed by atoms with Gasteiger partial charge in [-0.3, -0.25) is 0 Å². The van der Waals surface area contributed by atoms with E-state index in [9.17, 15) is 8.78 Å². The summed E-state index contributed by atoms with van der Waals surface area (Å²) >= 11 is 5.80. The summed E-state index contributed by atoms with van der Waals surface area (Å²) in [5.41, 5.74) is 0.604. The molecule has 0 aliphatic carbocycles. The van der Waals surface area contributed by atoms with Crippen LogP contribution in [0.1, 0.15) is 18.1 Å². The molecule has 0 aliphatic heterocycles. The van der Waals surface area contributed by atoms with Crippen molar-refractivity contribution in [1.82, 2.24) is 0 Å². The molecule has 0 amide bonds. The standard InChI is InChI=1S/C11H11ClF2O/c1-6-3-10(14)8(4-9(6)13)11(12)7(2)5-15/h3-4,15H,5H2,1-2H3/b11-7+. The molecule has 0 atom stereocenters. The van der Waals surface area contributed by atoms with E-state index >= 15 is 0 Å². The number of rotatable bonds is 2. The Bertz CT molecular complexity index is 413. The fourth-order valence-corrected chi connectivity index (χ4v) is 1.32. The molecule has 1 N–H and O–H groups in total. The molecular weight excluding hydrogens is 222 g/mol. The molecule has 0 unspecified atom stereocenters. The molecule has 0 fully saturated rings. The number of benzene rings is 1. The quantitative estimate of drug-likeness (QED) is 0.830. The molecule has 0 saturated carbocycles. The molecule has 0 heterocycles. The first-order valence-electron chi connectivity index (χ1n) is 4.39. The highest BCUT2D eigenvalue weighted by atomic mass is 35.5. The maximum absolute atomic E-state index is 13.4. The predicted molar refractivity (Wildman–Crippen MR) is 56.6 cm³/mol. The van der Waals surface area contributed by atoms with Crippen LogP contribution in [0.2, 0.25) is 0 Å². The van der Waals surface area contributed by atoms with E-state index in [1.165, 1.54) is 6.92 Å². The van der Waals surface area contributed by atoms with Crippen LogP contribution < -0.4 is 0 Å². The highest BCUT2D eigenvalue weighted by molar-refractivity contribution is 6.49. The van der Waals surface area contributed by atoms with Gasteiger partial charge < -0.3 is 5.11 Å². The Morgan fingerprint density at radius 1 is 1.33 bits per heavy atom. The van der Waals surface area contributed by atoms with Gasteiger partial charge in [0, 0.05) is 5.56 Å². The van der Waals surface area contributed by atoms with Gasteiger partial charge in [0.05, 0.1) is 11.6 Å². The van der Waals surface area contributed by atoms with E-state index in [4.69, 9.17) is 16.7 Å². The minimum atomic E-state index is -0.591. The zero-order chi connectivity index (χ0) is 11.6. The van der Waals surface area contributed by atoms with Crippen molar-refractivity contribution in [3.05, 3.63) is 40.5 Å². The predicted octanol–water partition coefficient (Wildman–Crippen LogP) is 3.24. The lowest BCUT2D eigenvalue weighted by molar-refractivity contribution is 0.332. The van der Waals surface area contributed by atoms with Gasteiger partial charge >= 0.3 is 0 Å². The third kappa shape index (κ3) is 2.55. The molecule has 1 rings (SSSR count). The van der Waals surface area contributed by atoms with Gasteiger partial charge in [0.15, 0.2) is 0 Å². The van der Waals surface area contributed by atoms with Gasteiger partial charge in [-0.25, -0.2) is 8.78 Å². The van der Waals surface area contributed by atoms with Crippen LogP contribution in [-0.2, 0) is 0 Å². The minimum Gasteiger partial charge on any atom is -0.392 e. The molecule has 0 aromatic heterocycles. The van der Waals surface area contributed by atoms with Gasteiger partial charge in [-0.05, 0) is 37.1 Å². The number of halogens is 3. The summed E-state index contributed by atoms with van der Waals surface area (Å²) in [5.74, 6) is -1.11. The second kappa shape index (κ2) is 4.73. The summed E-state index contributed by atoms with van der Waals surface area (Å²) < 4.78 is 26.6. The van der Waals surface area contributed by atoms with Crippen LogP contribution in [0.25, 0.3) is 5.03 Å². The van der Waals surface area contributed by atoms with Crippen LogP contribution >= 0.6 is 11.6 Å². The first-order chi connectivity index (χ1) is 6.97. The van der Waals surface area contributed by atoms with Gasteiger partial charge in [0.2, 0.25) is 0 Å². The SMILES string of the molecule is C/C(CO)=C(\Cl)c1cc(F)c(C)cc1F. The first kappa shape index (κ1) is 12.1. The Balaban J connectivity index is 3.33. The van der Waals surface area contributed by atoms with E-state index in [2.05, 4.69) is 0 Å². The third-order valence-corrected chi connectivity index (χ3v) is 2.62. The number of hydrogen-bond donors (Lipinski definition) is 1. The average molecular weight is 233 g/mol. The molecule has 1 aromatic rings. The van der Waals surface area contributed by atoms with Crippen molar-refractivity contribution in [3.63, 3.8) is 0 Å². The molecule has 1 aromatic carbocycles. The Morgan fingerprint density at radius 3 is 2.47 bits per heavy atom.